The summed E-state index contributed by atoms with van der Waals surface area (Å²) >= 11 is 5.02. The van der Waals surface area contributed by atoms with Gasteiger partial charge in [-0.25, -0.2) is 4.98 Å². The molecule has 1 heterocycles. The number of halogens is 1. The third kappa shape index (κ3) is 4.42. The number of thiazole rings is 1. The zero-order valence-corrected chi connectivity index (χ0v) is 16.8. The summed E-state index contributed by atoms with van der Waals surface area (Å²) in [5, 5.41) is 7.00. The zero-order valence-electron chi connectivity index (χ0n) is 14.4. The van der Waals surface area contributed by atoms with Gasteiger partial charge in [-0.05, 0) is 40.5 Å². The molecule has 0 fully saturated rings. The van der Waals surface area contributed by atoms with Crippen molar-refractivity contribution < 1.29 is 9.47 Å². The van der Waals surface area contributed by atoms with Crippen LogP contribution in [0.3, 0.4) is 0 Å². The molecule has 3 rings (SSSR count). The average molecular weight is 432 g/mol. The van der Waals surface area contributed by atoms with E-state index in [4.69, 9.17) is 9.47 Å². The molecule has 0 atom stereocenters. The molecule has 5 nitrogen and oxygen atoms in total. The number of anilines is 1. The molecule has 0 aliphatic carbocycles. The maximum atomic E-state index is 5.59. The highest BCUT2D eigenvalue weighted by atomic mass is 79.9. The third-order valence-electron chi connectivity index (χ3n) is 3.49. The average Bonchev–Trinajstić information content (AvgIpc) is 3.13. The van der Waals surface area contributed by atoms with Crippen LogP contribution in [0.2, 0.25) is 0 Å². The standard InChI is InChI=1S/C19H18BrN3O2S/c1-3-25-18-15(20)9-13(10-17(18)24-2)11-21-23-19-22-16(12-26-19)14-7-5-4-6-8-14/h4-12H,3H2,1-2H3,(H,22,23)/b21-11-. The largest absolute Gasteiger partial charge is 0.493 e. The van der Waals surface area contributed by atoms with E-state index in [0.717, 1.165) is 26.4 Å². The van der Waals surface area contributed by atoms with Gasteiger partial charge in [0.1, 0.15) is 0 Å². The molecular formula is C19H18BrN3O2S. The van der Waals surface area contributed by atoms with E-state index in [1.807, 2.05) is 54.8 Å². The minimum absolute atomic E-state index is 0.567. The lowest BCUT2D eigenvalue weighted by molar-refractivity contribution is 0.309. The predicted molar refractivity (Wildman–Crippen MR) is 111 cm³/mol. The number of methoxy groups -OCH3 is 1. The van der Waals surface area contributed by atoms with E-state index in [9.17, 15) is 0 Å². The van der Waals surface area contributed by atoms with E-state index in [2.05, 4.69) is 31.4 Å². The minimum Gasteiger partial charge on any atom is -0.493 e. The summed E-state index contributed by atoms with van der Waals surface area (Å²) in [5.41, 5.74) is 5.86. The first-order valence-electron chi connectivity index (χ1n) is 8.01. The van der Waals surface area contributed by atoms with Gasteiger partial charge >= 0.3 is 0 Å². The van der Waals surface area contributed by atoms with Gasteiger partial charge in [-0.2, -0.15) is 5.10 Å². The van der Waals surface area contributed by atoms with E-state index in [1.165, 1.54) is 11.3 Å². The Morgan fingerprint density at radius 1 is 1.27 bits per heavy atom. The van der Waals surface area contributed by atoms with Gasteiger partial charge in [0.25, 0.3) is 0 Å². The van der Waals surface area contributed by atoms with Crippen LogP contribution in [0.1, 0.15) is 12.5 Å². The molecule has 0 aliphatic heterocycles. The highest BCUT2D eigenvalue weighted by molar-refractivity contribution is 9.10. The zero-order chi connectivity index (χ0) is 18.4. The van der Waals surface area contributed by atoms with Crippen LogP contribution in [0.15, 0.2) is 57.4 Å². The maximum absolute atomic E-state index is 5.59. The Kier molecular flexibility index (Phi) is 6.25. The Hall–Kier alpha value is -2.38. The van der Waals surface area contributed by atoms with Crippen molar-refractivity contribution in [1.82, 2.24) is 4.98 Å². The van der Waals surface area contributed by atoms with Gasteiger partial charge in [0.05, 0.1) is 30.1 Å². The number of benzene rings is 2. The van der Waals surface area contributed by atoms with E-state index in [1.54, 1.807) is 13.3 Å². The van der Waals surface area contributed by atoms with Crippen molar-refractivity contribution in [2.45, 2.75) is 6.92 Å². The topological polar surface area (TPSA) is 55.7 Å². The van der Waals surface area contributed by atoms with Gasteiger partial charge < -0.3 is 9.47 Å². The minimum atomic E-state index is 0.567. The van der Waals surface area contributed by atoms with Crippen LogP contribution in [0.4, 0.5) is 5.13 Å². The highest BCUT2D eigenvalue weighted by Crippen LogP contribution is 2.36. The first kappa shape index (κ1) is 18.4. The normalized spacial score (nSPS) is 10.9. The number of hydrogen-bond acceptors (Lipinski definition) is 6. The molecule has 0 amide bonds. The number of hydrogen-bond donors (Lipinski definition) is 1. The summed E-state index contributed by atoms with van der Waals surface area (Å²) in [6.45, 7) is 2.50. The van der Waals surface area contributed by atoms with Crippen LogP contribution in [-0.2, 0) is 0 Å². The molecule has 3 aromatic rings. The number of ether oxygens (including phenoxy) is 2. The van der Waals surface area contributed by atoms with E-state index in [0.29, 0.717) is 18.1 Å². The van der Waals surface area contributed by atoms with Crippen LogP contribution in [-0.4, -0.2) is 24.9 Å². The van der Waals surface area contributed by atoms with E-state index < -0.39 is 0 Å². The van der Waals surface area contributed by atoms with Gasteiger partial charge in [0, 0.05) is 10.9 Å². The molecule has 0 saturated carbocycles. The molecular weight excluding hydrogens is 414 g/mol. The summed E-state index contributed by atoms with van der Waals surface area (Å²) in [5.74, 6) is 1.34. The summed E-state index contributed by atoms with van der Waals surface area (Å²) in [7, 11) is 1.62. The fourth-order valence-corrected chi connectivity index (χ4v) is 3.57. The fourth-order valence-electron chi connectivity index (χ4n) is 2.33. The smallest absolute Gasteiger partial charge is 0.203 e. The second-order valence-electron chi connectivity index (χ2n) is 5.24. The quantitative estimate of drug-likeness (QED) is 0.400. The second kappa shape index (κ2) is 8.82. The van der Waals surface area contributed by atoms with Crippen LogP contribution >= 0.6 is 27.3 Å². The lowest BCUT2D eigenvalue weighted by Crippen LogP contribution is -1.98. The Balaban J connectivity index is 1.71. The van der Waals surface area contributed by atoms with Gasteiger partial charge in [-0.1, -0.05) is 30.3 Å². The number of aromatic nitrogens is 1. The molecule has 0 radical (unpaired) electrons. The fraction of sp³-hybridized carbons (Fsp3) is 0.158. The monoisotopic (exact) mass is 431 g/mol. The number of hydrazone groups is 1. The van der Waals surface area contributed by atoms with Gasteiger partial charge in [0.2, 0.25) is 5.13 Å². The first-order valence-corrected chi connectivity index (χ1v) is 9.69. The van der Waals surface area contributed by atoms with Crippen molar-refractivity contribution in [1.29, 1.82) is 0 Å². The van der Waals surface area contributed by atoms with E-state index in [-0.39, 0.29) is 0 Å². The summed E-state index contributed by atoms with van der Waals surface area (Å²) in [4.78, 5) is 4.54. The number of nitrogens with zero attached hydrogens (tertiary/aromatic N) is 2. The number of rotatable bonds is 7. The second-order valence-corrected chi connectivity index (χ2v) is 6.95. The summed E-state index contributed by atoms with van der Waals surface area (Å²) < 4.78 is 11.8. The first-order chi connectivity index (χ1) is 12.7. The molecule has 134 valence electrons. The van der Waals surface area contributed by atoms with E-state index >= 15 is 0 Å². The lowest BCUT2D eigenvalue weighted by atomic mass is 10.2. The Morgan fingerprint density at radius 3 is 2.81 bits per heavy atom. The molecule has 2 aromatic carbocycles. The summed E-state index contributed by atoms with van der Waals surface area (Å²) in [6.07, 6.45) is 1.71. The van der Waals surface area contributed by atoms with Crippen molar-refractivity contribution >= 4 is 38.6 Å². The van der Waals surface area contributed by atoms with Gasteiger partial charge in [-0.3, -0.25) is 5.43 Å². The molecule has 0 unspecified atom stereocenters. The van der Waals surface area contributed by atoms with Crippen LogP contribution in [0, 0.1) is 0 Å². The lowest BCUT2D eigenvalue weighted by Gasteiger charge is -2.11. The van der Waals surface area contributed by atoms with Gasteiger partial charge in [-0.15, -0.1) is 11.3 Å². The number of nitrogens with one attached hydrogen (secondary N) is 1. The molecule has 26 heavy (non-hydrogen) atoms. The van der Waals surface area contributed by atoms with Crippen molar-refractivity contribution in [3.8, 4) is 22.8 Å². The van der Waals surface area contributed by atoms with Crippen LogP contribution in [0.5, 0.6) is 11.5 Å². The van der Waals surface area contributed by atoms with Gasteiger partial charge in [0.15, 0.2) is 11.5 Å². The predicted octanol–water partition coefficient (Wildman–Crippen LogP) is 5.43. The molecule has 0 aliphatic rings. The Labute approximate surface area is 164 Å². The molecule has 0 saturated heterocycles. The Bertz CT molecular complexity index is 897. The van der Waals surface area contributed by atoms with Crippen molar-refractivity contribution in [2.75, 3.05) is 19.1 Å². The highest BCUT2D eigenvalue weighted by Gasteiger charge is 2.10. The van der Waals surface area contributed by atoms with Crippen molar-refractivity contribution in [3.05, 3.63) is 57.9 Å². The summed E-state index contributed by atoms with van der Waals surface area (Å²) in [6, 6.07) is 13.8. The van der Waals surface area contributed by atoms with Crippen molar-refractivity contribution in [3.63, 3.8) is 0 Å². The molecule has 1 aromatic heterocycles. The van der Waals surface area contributed by atoms with Crippen molar-refractivity contribution in [2.24, 2.45) is 5.10 Å². The molecule has 0 spiro atoms. The molecule has 1 N–H and O–H groups in total. The SMILES string of the molecule is CCOc1c(Br)cc(/C=N\Nc2nc(-c3ccccc3)cs2)cc1OC. The molecule has 7 heteroatoms. The van der Waals surface area contributed by atoms with Crippen LogP contribution in [0.25, 0.3) is 11.3 Å². The third-order valence-corrected chi connectivity index (χ3v) is 4.82. The molecule has 0 bridgehead atoms. The van der Waals surface area contributed by atoms with Crippen LogP contribution < -0.4 is 14.9 Å². The Morgan fingerprint density at radius 2 is 2.08 bits per heavy atom. The maximum Gasteiger partial charge on any atom is 0.203 e.